The molecule has 0 aliphatic rings. The Hall–Kier alpha value is -0.570. The van der Waals surface area contributed by atoms with E-state index in [2.05, 4.69) is 0 Å². The summed E-state index contributed by atoms with van der Waals surface area (Å²) in [4.78, 5) is 11.0. The lowest BCUT2D eigenvalue weighted by Gasteiger charge is -2.14. The van der Waals surface area contributed by atoms with E-state index in [9.17, 15) is 9.90 Å². The number of hydrogen-bond donors (Lipinski definition) is 1. The third kappa shape index (κ3) is 3.37. The standard InChI is InChI=1S/C8H16O3/c1-4-7(9)6(3)8(10)11-5-2/h6-7,9H,4-5H2,1-3H3. The van der Waals surface area contributed by atoms with Crippen molar-refractivity contribution in [3.63, 3.8) is 0 Å². The van der Waals surface area contributed by atoms with Crippen molar-refractivity contribution in [1.82, 2.24) is 0 Å². The van der Waals surface area contributed by atoms with E-state index in [0.29, 0.717) is 13.0 Å². The Morgan fingerprint density at radius 3 is 2.45 bits per heavy atom. The van der Waals surface area contributed by atoms with E-state index in [0.717, 1.165) is 0 Å². The zero-order valence-electron chi connectivity index (χ0n) is 7.33. The van der Waals surface area contributed by atoms with Crippen LogP contribution < -0.4 is 0 Å². The van der Waals surface area contributed by atoms with Crippen LogP contribution >= 0.6 is 0 Å². The van der Waals surface area contributed by atoms with Gasteiger partial charge in [0.25, 0.3) is 0 Å². The second-order valence-electron chi connectivity index (χ2n) is 2.52. The number of ether oxygens (including phenoxy) is 1. The normalized spacial score (nSPS) is 15.6. The number of aliphatic hydroxyl groups excluding tert-OH is 1. The van der Waals surface area contributed by atoms with E-state index in [1.54, 1.807) is 13.8 Å². The van der Waals surface area contributed by atoms with Crippen molar-refractivity contribution in [3.05, 3.63) is 0 Å². The molecule has 0 bridgehead atoms. The molecule has 0 amide bonds. The molecular weight excluding hydrogens is 144 g/mol. The van der Waals surface area contributed by atoms with Gasteiger partial charge in [0.2, 0.25) is 0 Å². The second kappa shape index (κ2) is 5.13. The summed E-state index contributed by atoms with van der Waals surface area (Å²) >= 11 is 0. The second-order valence-corrected chi connectivity index (χ2v) is 2.52. The van der Waals surface area contributed by atoms with Crippen LogP contribution in [0.3, 0.4) is 0 Å². The molecule has 1 N–H and O–H groups in total. The van der Waals surface area contributed by atoms with Gasteiger partial charge in [-0.2, -0.15) is 0 Å². The number of hydrogen-bond acceptors (Lipinski definition) is 3. The van der Waals surface area contributed by atoms with Crippen molar-refractivity contribution < 1.29 is 14.6 Å². The predicted molar refractivity (Wildman–Crippen MR) is 42.1 cm³/mol. The van der Waals surface area contributed by atoms with Gasteiger partial charge in [0.05, 0.1) is 18.6 Å². The van der Waals surface area contributed by atoms with Crippen LogP contribution in [0.2, 0.25) is 0 Å². The first-order chi connectivity index (χ1) is 5.13. The van der Waals surface area contributed by atoms with E-state index in [-0.39, 0.29) is 5.97 Å². The number of carbonyl (C=O) groups excluding carboxylic acids is 1. The number of esters is 1. The van der Waals surface area contributed by atoms with E-state index >= 15 is 0 Å². The molecule has 0 rings (SSSR count). The first-order valence-corrected chi connectivity index (χ1v) is 3.98. The third-order valence-electron chi connectivity index (χ3n) is 1.65. The van der Waals surface area contributed by atoms with Crippen LogP contribution in [0.25, 0.3) is 0 Å². The monoisotopic (exact) mass is 160 g/mol. The topological polar surface area (TPSA) is 46.5 Å². The van der Waals surface area contributed by atoms with Crippen LogP contribution in [0.5, 0.6) is 0 Å². The quantitative estimate of drug-likeness (QED) is 0.623. The van der Waals surface area contributed by atoms with Gasteiger partial charge in [-0.25, -0.2) is 0 Å². The van der Waals surface area contributed by atoms with Gasteiger partial charge in [-0.15, -0.1) is 0 Å². The largest absolute Gasteiger partial charge is 0.466 e. The zero-order valence-corrected chi connectivity index (χ0v) is 7.33. The van der Waals surface area contributed by atoms with Gasteiger partial charge >= 0.3 is 5.97 Å². The van der Waals surface area contributed by atoms with Crippen molar-refractivity contribution in [2.75, 3.05) is 6.61 Å². The van der Waals surface area contributed by atoms with Crippen LogP contribution in [0.4, 0.5) is 0 Å². The minimum Gasteiger partial charge on any atom is -0.466 e. The molecule has 2 atom stereocenters. The molecular formula is C8H16O3. The maximum Gasteiger partial charge on any atom is 0.311 e. The number of aliphatic hydroxyl groups is 1. The van der Waals surface area contributed by atoms with Crippen molar-refractivity contribution in [3.8, 4) is 0 Å². The molecule has 0 aliphatic carbocycles. The van der Waals surface area contributed by atoms with E-state index < -0.39 is 12.0 Å². The summed E-state index contributed by atoms with van der Waals surface area (Å²) < 4.78 is 4.73. The molecule has 0 aromatic rings. The van der Waals surface area contributed by atoms with Crippen molar-refractivity contribution in [2.45, 2.75) is 33.3 Å². The van der Waals surface area contributed by atoms with E-state index in [1.807, 2.05) is 6.92 Å². The average molecular weight is 160 g/mol. The summed E-state index contributed by atoms with van der Waals surface area (Å²) in [6, 6.07) is 0. The van der Waals surface area contributed by atoms with E-state index in [4.69, 9.17) is 4.74 Å². The molecule has 0 saturated heterocycles. The zero-order chi connectivity index (χ0) is 8.85. The SMILES string of the molecule is CCOC(=O)C(C)C(O)CC. The molecule has 0 heterocycles. The summed E-state index contributed by atoms with van der Waals surface area (Å²) in [5.74, 6) is -0.721. The Balaban J connectivity index is 3.80. The first-order valence-electron chi connectivity index (χ1n) is 3.98. The van der Waals surface area contributed by atoms with Gasteiger partial charge < -0.3 is 9.84 Å². The predicted octanol–water partition coefficient (Wildman–Crippen LogP) is 0.957. The molecule has 0 aliphatic heterocycles. The molecule has 0 saturated carbocycles. The lowest BCUT2D eigenvalue weighted by atomic mass is 10.0. The third-order valence-corrected chi connectivity index (χ3v) is 1.65. The summed E-state index contributed by atoms with van der Waals surface area (Å²) in [7, 11) is 0. The Morgan fingerprint density at radius 1 is 1.55 bits per heavy atom. The van der Waals surface area contributed by atoms with Crippen molar-refractivity contribution in [2.24, 2.45) is 5.92 Å². The Kier molecular flexibility index (Phi) is 4.86. The fourth-order valence-electron chi connectivity index (χ4n) is 0.784. The lowest BCUT2D eigenvalue weighted by Crippen LogP contribution is -2.26. The Morgan fingerprint density at radius 2 is 2.09 bits per heavy atom. The number of carbonyl (C=O) groups is 1. The molecule has 66 valence electrons. The molecule has 0 radical (unpaired) electrons. The summed E-state index contributed by atoms with van der Waals surface area (Å²) in [5, 5.41) is 9.22. The average Bonchev–Trinajstić information content (AvgIpc) is 2.02. The highest BCUT2D eigenvalue weighted by molar-refractivity contribution is 5.72. The summed E-state index contributed by atoms with van der Waals surface area (Å²) in [6.45, 7) is 5.63. The maximum atomic E-state index is 11.0. The maximum absolute atomic E-state index is 11.0. The van der Waals surface area contributed by atoms with Gasteiger partial charge in [0.15, 0.2) is 0 Å². The molecule has 11 heavy (non-hydrogen) atoms. The van der Waals surface area contributed by atoms with Gasteiger partial charge in [-0.05, 0) is 20.3 Å². The van der Waals surface area contributed by atoms with Gasteiger partial charge in [0.1, 0.15) is 0 Å². The van der Waals surface area contributed by atoms with Gasteiger partial charge in [0, 0.05) is 0 Å². The van der Waals surface area contributed by atoms with Crippen LogP contribution in [0.15, 0.2) is 0 Å². The molecule has 3 nitrogen and oxygen atoms in total. The smallest absolute Gasteiger partial charge is 0.311 e. The molecule has 2 unspecified atom stereocenters. The van der Waals surface area contributed by atoms with Crippen LogP contribution in [0.1, 0.15) is 27.2 Å². The van der Waals surface area contributed by atoms with Crippen LogP contribution in [-0.2, 0) is 9.53 Å². The highest BCUT2D eigenvalue weighted by atomic mass is 16.5. The fourth-order valence-corrected chi connectivity index (χ4v) is 0.784. The fraction of sp³-hybridized carbons (Fsp3) is 0.875. The summed E-state index contributed by atoms with van der Waals surface area (Å²) in [5.41, 5.74) is 0. The first kappa shape index (κ1) is 10.4. The molecule has 0 aromatic heterocycles. The minimum absolute atomic E-state index is 0.318. The highest BCUT2D eigenvalue weighted by Crippen LogP contribution is 2.08. The highest BCUT2D eigenvalue weighted by Gasteiger charge is 2.20. The van der Waals surface area contributed by atoms with E-state index in [1.165, 1.54) is 0 Å². The molecule has 0 fully saturated rings. The number of rotatable bonds is 4. The molecule has 0 aromatic carbocycles. The van der Waals surface area contributed by atoms with Crippen LogP contribution in [-0.4, -0.2) is 23.8 Å². The van der Waals surface area contributed by atoms with Gasteiger partial charge in [-0.3, -0.25) is 4.79 Å². The van der Waals surface area contributed by atoms with Crippen molar-refractivity contribution in [1.29, 1.82) is 0 Å². The Bertz CT molecular complexity index is 123. The van der Waals surface area contributed by atoms with Gasteiger partial charge in [-0.1, -0.05) is 6.92 Å². The Labute approximate surface area is 67.4 Å². The van der Waals surface area contributed by atoms with Crippen molar-refractivity contribution >= 4 is 5.97 Å². The summed E-state index contributed by atoms with van der Waals surface area (Å²) in [6.07, 6.45) is 0.00836. The lowest BCUT2D eigenvalue weighted by molar-refractivity contribution is -0.151. The molecule has 3 heteroatoms. The molecule has 0 spiro atoms. The minimum atomic E-state index is -0.575. The van der Waals surface area contributed by atoms with Crippen LogP contribution in [0, 0.1) is 5.92 Å².